The van der Waals surface area contributed by atoms with Crippen molar-refractivity contribution in [3.63, 3.8) is 0 Å². The summed E-state index contributed by atoms with van der Waals surface area (Å²) in [5.74, 6) is -0.800. The minimum atomic E-state index is -0.583. The first-order valence-electron chi connectivity index (χ1n) is 6.11. The zero-order chi connectivity index (χ0) is 14.7. The van der Waals surface area contributed by atoms with E-state index >= 15 is 0 Å². The molecule has 0 aliphatic carbocycles. The molecule has 6 nitrogen and oxygen atoms in total. The second-order valence-electron chi connectivity index (χ2n) is 4.08. The Morgan fingerprint density at radius 3 is 2.75 bits per heavy atom. The number of benzene rings is 1. The van der Waals surface area contributed by atoms with E-state index in [1.54, 1.807) is 19.9 Å². The highest BCUT2D eigenvalue weighted by molar-refractivity contribution is 5.68. The number of nitrogens with zero attached hydrogens (tertiary/aromatic N) is 3. The van der Waals surface area contributed by atoms with E-state index in [0.717, 1.165) is 9.25 Å². The molecule has 0 unspecified atom stereocenters. The molecule has 2 rings (SSSR count). The van der Waals surface area contributed by atoms with Gasteiger partial charge in [-0.15, -0.1) is 0 Å². The molecule has 7 heteroatoms. The number of esters is 1. The van der Waals surface area contributed by atoms with Crippen LogP contribution in [0.2, 0.25) is 0 Å². The maximum atomic E-state index is 13.7. The standard InChI is InChI=1S/C13H14FN3O3/c1-3-20-12(18)8-16-13(19)17(9(2)15-16)11-7-5-4-6-10(11)14/h4-7H,3,8H2,1-2H3. The molecule has 106 valence electrons. The van der Waals surface area contributed by atoms with Crippen LogP contribution < -0.4 is 5.69 Å². The van der Waals surface area contributed by atoms with E-state index in [0.29, 0.717) is 5.82 Å². The van der Waals surface area contributed by atoms with Gasteiger partial charge >= 0.3 is 11.7 Å². The molecule has 0 saturated heterocycles. The molecule has 0 aliphatic heterocycles. The first-order valence-corrected chi connectivity index (χ1v) is 6.11. The number of halogens is 1. The van der Waals surface area contributed by atoms with E-state index in [-0.39, 0.29) is 18.8 Å². The monoisotopic (exact) mass is 279 g/mol. The highest BCUT2D eigenvalue weighted by Gasteiger charge is 2.16. The van der Waals surface area contributed by atoms with Gasteiger partial charge in [0.05, 0.1) is 12.3 Å². The van der Waals surface area contributed by atoms with Gasteiger partial charge < -0.3 is 4.74 Å². The lowest BCUT2D eigenvalue weighted by Crippen LogP contribution is -2.28. The molecule has 0 radical (unpaired) electrons. The highest BCUT2D eigenvalue weighted by atomic mass is 19.1. The number of aromatic nitrogens is 3. The van der Waals surface area contributed by atoms with Gasteiger partial charge in [-0.25, -0.2) is 18.4 Å². The summed E-state index contributed by atoms with van der Waals surface area (Å²) in [6.45, 7) is 3.16. The highest BCUT2D eigenvalue weighted by Crippen LogP contribution is 2.11. The van der Waals surface area contributed by atoms with E-state index in [2.05, 4.69) is 5.10 Å². The maximum absolute atomic E-state index is 13.7. The van der Waals surface area contributed by atoms with Crippen molar-refractivity contribution in [3.8, 4) is 5.69 Å². The van der Waals surface area contributed by atoms with E-state index in [1.807, 2.05) is 0 Å². The van der Waals surface area contributed by atoms with E-state index in [9.17, 15) is 14.0 Å². The molecular weight excluding hydrogens is 265 g/mol. The number of carbonyl (C=O) groups is 1. The summed E-state index contributed by atoms with van der Waals surface area (Å²) in [5.41, 5.74) is -0.481. The molecule has 0 N–H and O–H groups in total. The predicted molar refractivity (Wildman–Crippen MR) is 69.2 cm³/mol. The van der Waals surface area contributed by atoms with Crippen molar-refractivity contribution >= 4 is 5.97 Å². The van der Waals surface area contributed by atoms with Crippen LogP contribution in [0.4, 0.5) is 4.39 Å². The van der Waals surface area contributed by atoms with Gasteiger partial charge in [-0.3, -0.25) is 4.79 Å². The van der Waals surface area contributed by atoms with Crippen molar-refractivity contribution in [1.82, 2.24) is 14.3 Å². The molecule has 1 aromatic carbocycles. The van der Waals surface area contributed by atoms with Crippen LogP contribution in [0.1, 0.15) is 12.7 Å². The minimum absolute atomic E-state index is 0.102. The lowest BCUT2D eigenvalue weighted by molar-refractivity contribution is -0.144. The first-order chi connectivity index (χ1) is 9.54. The number of rotatable bonds is 4. The predicted octanol–water partition coefficient (Wildman–Crippen LogP) is 1.04. The zero-order valence-electron chi connectivity index (χ0n) is 11.2. The van der Waals surface area contributed by atoms with Gasteiger partial charge in [0, 0.05) is 0 Å². The number of carbonyl (C=O) groups excluding carboxylic acids is 1. The third-order valence-corrected chi connectivity index (χ3v) is 2.68. The normalized spacial score (nSPS) is 10.6. The fourth-order valence-corrected chi connectivity index (χ4v) is 1.86. The van der Waals surface area contributed by atoms with Crippen molar-refractivity contribution in [1.29, 1.82) is 0 Å². The molecular formula is C13H14FN3O3. The van der Waals surface area contributed by atoms with Gasteiger partial charge in [-0.05, 0) is 26.0 Å². The number of para-hydroxylation sites is 1. The second kappa shape index (κ2) is 5.68. The Morgan fingerprint density at radius 2 is 2.10 bits per heavy atom. The Balaban J connectivity index is 2.43. The summed E-state index contributed by atoms with van der Waals surface area (Å²) in [7, 11) is 0. The fraction of sp³-hybridized carbons (Fsp3) is 0.308. The van der Waals surface area contributed by atoms with Gasteiger partial charge in [0.25, 0.3) is 0 Å². The van der Waals surface area contributed by atoms with E-state index < -0.39 is 17.5 Å². The van der Waals surface area contributed by atoms with Crippen molar-refractivity contribution in [2.24, 2.45) is 0 Å². The molecule has 1 aromatic heterocycles. The Bertz CT molecular complexity index is 690. The van der Waals surface area contributed by atoms with Crippen LogP contribution in [-0.4, -0.2) is 26.9 Å². The largest absolute Gasteiger partial charge is 0.465 e. The summed E-state index contributed by atoms with van der Waals surface area (Å²) < 4.78 is 20.6. The molecule has 20 heavy (non-hydrogen) atoms. The second-order valence-corrected chi connectivity index (χ2v) is 4.08. The number of ether oxygens (including phenoxy) is 1. The Kier molecular flexibility index (Phi) is 3.97. The van der Waals surface area contributed by atoms with Crippen LogP contribution in [0.3, 0.4) is 0 Å². The van der Waals surface area contributed by atoms with Gasteiger partial charge in [0.15, 0.2) is 0 Å². The third kappa shape index (κ3) is 2.61. The van der Waals surface area contributed by atoms with Crippen LogP contribution >= 0.6 is 0 Å². The molecule has 0 spiro atoms. The lowest BCUT2D eigenvalue weighted by Gasteiger charge is -2.03. The summed E-state index contributed by atoms with van der Waals surface area (Å²) in [5, 5.41) is 3.95. The van der Waals surface area contributed by atoms with Crippen LogP contribution in [0.15, 0.2) is 29.1 Å². The van der Waals surface area contributed by atoms with Crippen molar-refractivity contribution in [2.45, 2.75) is 20.4 Å². The first kappa shape index (κ1) is 14.0. The van der Waals surface area contributed by atoms with Crippen molar-refractivity contribution < 1.29 is 13.9 Å². The lowest BCUT2D eigenvalue weighted by atomic mass is 10.3. The number of aryl methyl sites for hydroxylation is 1. The molecule has 0 saturated carbocycles. The minimum Gasteiger partial charge on any atom is -0.465 e. The average Bonchev–Trinajstić information content (AvgIpc) is 2.66. The van der Waals surface area contributed by atoms with Gasteiger partial charge in [0.2, 0.25) is 0 Å². The molecule has 2 aromatic rings. The van der Waals surface area contributed by atoms with Crippen molar-refractivity contribution in [3.05, 3.63) is 46.4 Å². The van der Waals surface area contributed by atoms with E-state index in [4.69, 9.17) is 4.74 Å². The smallest absolute Gasteiger partial charge is 0.351 e. The van der Waals surface area contributed by atoms with Crippen LogP contribution in [0.5, 0.6) is 0 Å². The van der Waals surface area contributed by atoms with Gasteiger partial charge in [-0.1, -0.05) is 12.1 Å². The molecule has 0 atom stereocenters. The molecule has 0 fully saturated rings. The summed E-state index contributed by atoms with van der Waals surface area (Å²) in [4.78, 5) is 23.6. The average molecular weight is 279 g/mol. The SMILES string of the molecule is CCOC(=O)Cn1nc(C)n(-c2ccccc2F)c1=O. The molecule has 0 aliphatic rings. The number of hydrogen-bond acceptors (Lipinski definition) is 4. The maximum Gasteiger partial charge on any atom is 0.351 e. The van der Waals surface area contributed by atoms with Crippen molar-refractivity contribution in [2.75, 3.05) is 6.61 Å². The Morgan fingerprint density at radius 1 is 1.40 bits per heavy atom. The quantitative estimate of drug-likeness (QED) is 0.784. The molecule has 0 amide bonds. The molecule has 0 bridgehead atoms. The summed E-state index contributed by atoms with van der Waals surface area (Å²) in [6.07, 6.45) is 0. The van der Waals surface area contributed by atoms with Gasteiger partial charge in [-0.2, -0.15) is 5.10 Å². The Hall–Kier alpha value is -2.44. The third-order valence-electron chi connectivity index (χ3n) is 2.68. The molecule has 1 heterocycles. The summed E-state index contributed by atoms with van der Waals surface area (Å²) >= 11 is 0. The van der Waals surface area contributed by atoms with E-state index in [1.165, 1.54) is 18.2 Å². The Labute approximate surface area is 114 Å². The zero-order valence-corrected chi connectivity index (χ0v) is 11.2. The summed E-state index contributed by atoms with van der Waals surface area (Å²) in [6, 6.07) is 5.87. The fourth-order valence-electron chi connectivity index (χ4n) is 1.86. The van der Waals surface area contributed by atoms with Crippen LogP contribution in [0.25, 0.3) is 5.69 Å². The van der Waals surface area contributed by atoms with Gasteiger partial charge in [0.1, 0.15) is 18.2 Å². The number of hydrogen-bond donors (Lipinski definition) is 0. The van der Waals surface area contributed by atoms with Crippen LogP contribution in [0, 0.1) is 12.7 Å². The van der Waals surface area contributed by atoms with Crippen LogP contribution in [-0.2, 0) is 16.1 Å². The topological polar surface area (TPSA) is 66.1 Å².